The van der Waals surface area contributed by atoms with Gasteiger partial charge in [0.1, 0.15) is 5.82 Å². The van der Waals surface area contributed by atoms with Crippen molar-refractivity contribution in [1.82, 2.24) is 19.8 Å². The van der Waals surface area contributed by atoms with Gasteiger partial charge in [-0.05, 0) is 33.6 Å². The van der Waals surface area contributed by atoms with E-state index in [1.165, 1.54) is 0 Å². The normalized spacial score (nSPS) is 22.3. The van der Waals surface area contributed by atoms with Crippen molar-refractivity contribution in [2.24, 2.45) is 5.73 Å². The highest BCUT2D eigenvalue weighted by Gasteiger charge is 2.26. The van der Waals surface area contributed by atoms with Crippen LogP contribution in [0.5, 0.6) is 0 Å². The monoisotopic (exact) mass is 249 g/mol. The lowest BCUT2D eigenvalue weighted by molar-refractivity contribution is 0.109. The summed E-state index contributed by atoms with van der Waals surface area (Å²) in [5.74, 6) is 0.938. The second-order valence-electron chi connectivity index (χ2n) is 5.16. The second kappa shape index (κ2) is 5.73. The molecule has 1 atom stereocenters. The molecule has 1 saturated heterocycles. The summed E-state index contributed by atoms with van der Waals surface area (Å²) in [5, 5.41) is 0. The zero-order chi connectivity index (χ0) is 13.1. The number of nitrogens with two attached hydrogens (primary N) is 1. The average Bonchev–Trinajstić information content (AvgIpc) is 2.32. The number of aryl methyl sites for hydroxylation is 1. The minimum Gasteiger partial charge on any atom is -0.330 e. The summed E-state index contributed by atoms with van der Waals surface area (Å²) in [6.45, 7) is 5.81. The summed E-state index contributed by atoms with van der Waals surface area (Å²) in [5.41, 5.74) is 7.70. The van der Waals surface area contributed by atoms with E-state index in [9.17, 15) is 0 Å². The Balaban J connectivity index is 2.25. The molecule has 0 saturated carbocycles. The van der Waals surface area contributed by atoms with Gasteiger partial charge in [0.2, 0.25) is 0 Å². The van der Waals surface area contributed by atoms with Gasteiger partial charge in [0.05, 0.1) is 6.04 Å². The number of likely N-dealkylation sites (N-methyl/N-ethyl adjacent to an activating group) is 2. The molecular formula is C13H23N5. The van der Waals surface area contributed by atoms with Crippen LogP contribution in [0.15, 0.2) is 6.07 Å². The fraction of sp³-hybridized carbons (Fsp3) is 0.692. The molecule has 5 heteroatoms. The van der Waals surface area contributed by atoms with E-state index in [0.29, 0.717) is 12.6 Å². The maximum atomic E-state index is 5.61. The molecule has 0 amide bonds. The first-order valence-electron chi connectivity index (χ1n) is 6.53. The van der Waals surface area contributed by atoms with Crippen molar-refractivity contribution in [3.63, 3.8) is 0 Å². The summed E-state index contributed by atoms with van der Waals surface area (Å²) in [7, 11) is 4.29. The van der Waals surface area contributed by atoms with Crippen LogP contribution in [0.25, 0.3) is 0 Å². The van der Waals surface area contributed by atoms with E-state index in [0.717, 1.165) is 43.3 Å². The molecule has 1 aromatic heterocycles. The number of piperazine rings is 1. The van der Waals surface area contributed by atoms with E-state index < -0.39 is 0 Å². The van der Waals surface area contributed by atoms with E-state index >= 15 is 0 Å². The molecule has 1 fully saturated rings. The fourth-order valence-corrected chi connectivity index (χ4v) is 2.37. The van der Waals surface area contributed by atoms with Crippen LogP contribution < -0.4 is 5.73 Å². The van der Waals surface area contributed by atoms with Gasteiger partial charge in [-0.25, -0.2) is 9.97 Å². The van der Waals surface area contributed by atoms with Gasteiger partial charge in [-0.15, -0.1) is 0 Å². The van der Waals surface area contributed by atoms with Crippen LogP contribution in [-0.2, 0) is 6.42 Å². The van der Waals surface area contributed by atoms with Crippen LogP contribution in [-0.4, -0.2) is 60.0 Å². The van der Waals surface area contributed by atoms with Crippen molar-refractivity contribution in [2.45, 2.75) is 19.4 Å². The van der Waals surface area contributed by atoms with Gasteiger partial charge in [-0.1, -0.05) is 0 Å². The standard InChI is InChI=1S/C13H23N5/c1-10-8-11(4-5-14)16-13(15-10)12-9-17(2)6-7-18(12)3/h8,12H,4-7,9,14H2,1-3H3. The third-order valence-corrected chi connectivity index (χ3v) is 3.47. The van der Waals surface area contributed by atoms with E-state index in [1.54, 1.807) is 0 Å². The number of aromatic nitrogens is 2. The smallest absolute Gasteiger partial charge is 0.147 e. The van der Waals surface area contributed by atoms with E-state index in [4.69, 9.17) is 5.73 Å². The quantitative estimate of drug-likeness (QED) is 0.829. The van der Waals surface area contributed by atoms with Crippen LogP contribution in [0, 0.1) is 6.92 Å². The highest BCUT2D eigenvalue weighted by Crippen LogP contribution is 2.20. The maximum Gasteiger partial charge on any atom is 0.147 e. The van der Waals surface area contributed by atoms with Crippen molar-refractivity contribution in [3.8, 4) is 0 Å². The first kappa shape index (κ1) is 13.4. The highest BCUT2D eigenvalue weighted by molar-refractivity contribution is 5.13. The van der Waals surface area contributed by atoms with Crippen LogP contribution in [0.2, 0.25) is 0 Å². The minimum absolute atomic E-state index is 0.292. The van der Waals surface area contributed by atoms with Gasteiger partial charge in [0.25, 0.3) is 0 Å². The predicted molar refractivity (Wildman–Crippen MR) is 72.4 cm³/mol. The number of hydrogen-bond acceptors (Lipinski definition) is 5. The van der Waals surface area contributed by atoms with Crippen molar-refractivity contribution in [2.75, 3.05) is 40.3 Å². The molecule has 1 aliphatic rings. The molecule has 0 aromatic carbocycles. The summed E-state index contributed by atoms with van der Waals surface area (Å²) >= 11 is 0. The summed E-state index contributed by atoms with van der Waals surface area (Å²) in [6.07, 6.45) is 0.822. The number of nitrogens with zero attached hydrogens (tertiary/aromatic N) is 4. The predicted octanol–water partition coefficient (Wildman–Crippen LogP) is 0.205. The first-order chi connectivity index (χ1) is 8.60. The highest BCUT2D eigenvalue weighted by atomic mass is 15.3. The van der Waals surface area contributed by atoms with Crippen LogP contribution >= 0.6 is 0 Å². The van der Waals surface area contributed by atoms with Crippen LogP contribution in [0.3, 0.4) is 0 Å². The largest absolute Gasteiger partial charge is 0.330 e. The number of rotatable bonds is 3. The first-order valence-corrected chi connectivity index (χ1v) is 6.53. The van der Waals surface area contributed by atoms with Crippen LogP contribution in [0.4, 0.5) is 0 Å². The molecule has 2 N–H and O–H groups in total. The van der Waals surface area contributed by atoms with Gasteiger partial charge in [-0.3, -0.25) is 4.90 Å². The molecule has 2 rings (SSSR count). The molecule has 1 unspecified atom stereocenters. The average molecular weight is 249 g/mol. The van der Waals surface area contributed by atoms with Gasteiger partial charge in [0.15, 0.2) is 0 Å². The van der Waals surface area contributed by atoms with Crippen molar-refractivity contribution < 1.29 is 0 Å². The Hall–Kier alpha value is -1.04. The second-order valence-corrected chi connectivity index (χ2v) is 5.16. The third kappa shape index (κ3) is 3.04. The molecule has 0 aliphatic carbocycles. The zero-order valence-electron chi connectivity index (χ0n) is 11.6. The van der Waals surface area contributed by atoms with Gasteiger partial charge in [0, 0.05) is 37.4 Å². The summed E-state index contributed by atoms with van der Waals surface area (Å²) < 4.78 is 0. The Labute approximate surface area is 109 Å². The molecule has 0 bridgehead atoms. The molecule has 18 heavy (non-hydrogen) atoms. The lowest BCUT2D eigenvalue weighted by Crippen LogP contribution is -2.45. The SMILES string of the molecule is Cc1cc(CCN)nc(C2CN(C)CCN2C)n1. The van der Waals surface area contributed by atoms with Crippen LogP contribution in [0.1, 0.15) is 23.3 Å². The molecule has 0 spiro atoms. The Bertz CT molecular complexity index is 406. The maximum absolute atomic E-state index is 5.61. The van der Waals surface area contributed by atoms with Crippen molar-refractivity contribution in [3.05, 3.63) is 23.3 Å². The van der Waals surface area contributed by atoms with Crippen molar-refractivity contribution in [1.29, 1.82) is 0 Å². The van der Waals surface area contributed by atoms with Gasteiger partial charge in [-0.2, -0.15) is 0 Å². The minimum atomic E-state index is 0.292. The Morgan fingerprint density at radius 3 is 2.83 bits per heavy atom. The fourth-order valence-electron chi connectivity index (χ4n) is 2.37. The molecule has 100 valence electrons. The molecule has 1 aromatic rings. The van der Waals surface area contributed by atoms with E-state index in [2.05, 4.69) is 33.9 Å². The molecule has 5 nitrogen and oxygen atoms in total. The Morgan fingerprint density at radius 2 is 2.11 bits per heavy atom. The molecule has 0 radical (unpaired) electrons. The van der Waals surface area contributed by atoms with E-state index in [-0.39, 0.29) is 0 Å². The Kier molecular flexibility index (Phi) is 4.27. The molecule has 2 heterocycles. The van der Waals surface area contributed by atoms with E-state index in [1.807, 2.05) is 13.0 Å². The Morgan fingerprint density at radius 1 is 1.33 bits per heavy atom. The number of hydrogen-bond donors (Lipinski definition) is 1. The third-order valence-electron chi connectivity index (χ3n) is 3.47. The zero-order valence-corrected chi connectivity index (χ0v) is 11.6. The topological polar surface area (TPSA) is 58.3 Å². The lowest BCUT2D eigenvalue weighted by atomic mass is 10.1. The van der Waals surface area contributed by atoms with Crippen molar-refractivity contribution >= 4 is 0 Å². The molecular weight excluding hydrogens is 226 g/mol. The van der Waals surface area contributed by atoms with Gasteiger partial charge < -0.3 is 10.6 Å². The lowest BCUT2D eigenvalue weighted by Gasteiger charge is -2.36. The summed E-state index contributed by atoms with van der Waals surface area (Å²) in [6, 6.07) is 2.32. The summed E-state index contributed by atoms with van der Waals surface area (Å²) in [4.78, 5) is 13.9. The van der Waals surface area contributed by atoms with Gasteiger partial charge >= 0.3 is 0 Å². The molecule has 1 aliphatic heterocycles.